The van der Waals surface area contributed by atoms with Gasteiger partial charge in [-0.15, -0.1) is 13.2 Å². The fourth-order valence-electron chi connectivity index (χ4n) is 3.84. The Hall–Kier alpha value is -3.77. The molecule has 0 saturated carbocycles. The molecule has 4 rings (SSSR count). The van der Waals surface area contributed by atoms with Crippen LogP contribution < -0.4 is 15.6 Å². The van der Waals surface area contributed by atoms with Crippen LogP contribution in [0.25, 0.3) is 16.9 Å². The third kappa shape index (κ3) is 5.89. The van der Waals surface area contributed by atoms with Gasteiger partial charge in [-0.25, -0.2) is 4.39 Å². The molecule has 3 aromatic rings. The summed E-state index contributed by atoms with van der Waals surface area (Å²) in [6, 6.07) is 10.2. The maximum atomic E-state index is 13.9. The number of rotatable bonds is 7. The number of ether oxygens (including phenoxy) is 2. The molecule has 190 valence electrons. The van der Waals surface area contributed by atoms with Crippen molar-refractivity contribution >= 4 is 5.91 Å². The molecular weight excluding hydrogens is 486 g/mol. The minimum atomic E-state index is -4.87. The van der Waals surface area contributed by atoms with Gasteiger partial charge < -0.3 is 19.9 Å². The van der Waals surface area contributed by atoms with Gasteiger partial charge in [-0.1, -0.05) is 6.07 Å². The first kappa shape index (κ1) is 25.3. The van der Waals surface area contributed by atoms with E-state index in [9.17, 15) is 32.3 Å². The Labute approximate surface area is 202 Å². The van der Waals surface area contributed by atoms with Crippen molar-refractivity contribution in [1.29, 1.82) is 0 Å². The highest BCUT2D eigenvalue weighted by Gasteiger charge is 2.31. The molecule has 2 aromatic carbocycles. The number of hydrogen-bond acceptors (Lipinski definition) is 6. The van der Waals surface area contributed by atoms with Crippen molar-refractivity contribution in [3.05, 3.63) is 76.3 Å². The third-order valence-corrected chi connectivity index (χ3v) is 5.64. The molecule has 1 aliphatic heterocycles. The molecule has 2 N–H and O–H groups in total. The largest absolute Gasteiger partial charge is 0.573 e. The van der Waals surface area contributed by atoms with Gasteiger partial charge in [-0.05, 0) is 55.0 Å². The maximum Gasteiger partial charge on any atom is 0.573 e. The SMILES string of the molecule is O=C(NC(CO)[C@@H]1CCOC1)c1cc(-c2ccc(OC(F)(F)F)cc2)nn(-c2cccc(F)c2)c1=O. The molecule has 1 aliphatic rings. The summed E-state index contributed by atoms with van der Waals surface area (Å²) in [5.41, 5.74) is -0.828. The molecule has 0 aliphatic carbocycles. The number of amides is 1. The predicted molar refractivity (Wildman–Crippen MR) is 119 cm³/mol. The zero-order chi connectivity index (χ0) is 25.9. The third-order valence-electron chi connectivity index (χ3n) is 5.64. The Balaban J connectivity index is 1.75. The van der Waals surface area contributed by atoms with Gasteiger partial charge in [0.25, 0.3) is 11.5 Å². The van der Waals surface area contributed by atoms with Gasteiger partial charge in [0.15, 0.2) is 0 Å². The minimum absolute atomic E-state index is 0.0378. The topological polar surface area (TPSA) is 103 Å². The van der Waals surface area contributed by atoms with Crippen molar-refractivity contribution in [3.8, 4) is 22.7 Å². The van der Waals surface area contributed by atoms with Crippen LogP contribution in [0.2, 0.25) is 0 Å². The Morgan fingerprint density at radius 3 is 2.58 bits per heavy atom. The second-order valence-electron chi connectivity index (χ2n) is 8.10. The van der Waals surface area contributed by atoms with Gasteiger partial charge in [0.1, 0.15) is 17.1 Å². The summed E-state index contributed by atoms with van der Waals surface area (Å²) in [7, 11) is 0. The lowest BCUT2D eigenvalue weighted by molar-refractivity contribution is -0.274. The highest BCUT2D eigenvalue weighted by atomic mass is 19.4. The van der Waals surface area contributed by atoms with Gasteiger partial charge in [-0.3, -0.25) is 9.59 Å². The summed E-state index contributed by atoms with van der Waals surface area (Å²) in [4.78, 5) is 26.3. The predicted octanol–water partition coefficient (Wildman–Crippen LogP) is 3.06. The van der Waals surface area contributed by atoms with E-state index < -0.39 is 35.4 Å². The molecule has 0 bridgehead atoms. The smallest absolute Gasteiger partial charge is 0.406 e. The van der Waals surface area contributed by atoms with Crippen LogP contribution in [0.4, 0.5) is 17.6 Å². The number of carbonyl (C=O) groups is 1. The standard InChI is InChI=1S/C24H21F4N3O5/c25-16-2-1-3-17(10-16)31-23(34)19(22(33)29-21(12-32)15-8-9-35-13-15)11-20(30-31)14-4-6-18(7-5-14)36-24(26,27)28/h1-7,10-11,15,21,32H,8-9,12-13H2,(H,29,33)/t15-,21?/m1/s1. The summed E-state index contributed by atoms with van der Waals surface area (Å²) >= 11 is 0. The van der Waals surface area contributed by atoms with E-state index in [4.69, 9.17) is 4.74 Å². The van der Waals surface area contributed by atoms with E-state index in [-0.39, 0.29) is 35.0 Å². The number of hydrogen-bond donors (Lipinski definition) is 2. The van der Waals surface area contributed by atoms with E-state index in [2.05, 4.69) is 15.2 Å². The number of benzene rings is 2. The first-order valence-electron chi connectivity index (χ1n) is 10.9. The second kappa shape index (κ2) is 10.5. The molecule has 0 radical (unpaired) electrons. The van der Waals surface area contributed by atoms with E-state index in [0.717, 1.165) is 22.9 Å². The number of carbonyl (C=O) groups excluding carboxylic acids is 1. The molecule has 1 fully saturated rings. The van der Waals surface area contributed by atoms with E-state index in [1.807, 2.05) is 0 Å². The first-order valence-corrected chi connectivity index (χ1v) is 10.9. The van der Waals surface area contributed by atoms with Crippen molar-refractivity contribution in [2.24, 2.45) is 5.92 Å². The fraction of sp³-hybridized carbons (Fsp3) is 0.292. The highest BCUT2D eigenvalue weighted by molar-refractivity contribution is 5.95. The average molecular weight is 507 g/mol. The lowest BCUT2D eigenvalue weighted by Gasteiger charge is -2.21. The van der Waals surface area contributed by atoms with E-state index >= 15 is 0 Å². The van der Waals surface area contributed by atoms with Gasteiger partial charge >= 0.3 is 6.36 Å². The number of aromatic nitrogens is 2. The van der Waals surface area contributed by atoms with E-state index in [1.54, 1.807) is 0 Å². The van der Waals surface area contributed by atoms with Gasteiger partial charge in [0, 0.05) is 18.1 Å². The molecule has 8 nitrogen and oxygen atoms in total. The Kier molecular flexibility index (Phi) is 7.36. The van der Waals surface area contributed by atoms with Crippen LogP contribution in [0.15, 0.2) is 59.4 Å². The number of aliphatic hydroxyl groups is 1. The van der Waals surface area contributed by atoms with Crippen molar-refractivity contribution in [2.45, 2.75) is 18.8 Å². The molecule has 1 unspecified atom stereocenters. The molecule has 1 amide bonds. The summed E-state index contributed by atoms with van der Waals surface area (Å²) in [5, 5.41) is 16.6. The summed E-state index contributed by atoms with van der Waals surface area (Å²) < 4.78 is 61.4. The zero-order valence-corrected chi connectivity index (χ0v) is 18.7. The van der Waals surface area contributed by atoms with Crippen molar-refractivity contribution in [2.75, 3.05) is 19.8 Å². The Bertz CT molecular complexity index is 1290. The van der Waals surface area contributed by atoms with Crippen LogP contribution in [0.1, 0.15) is 16.8 Å². The molecule has 36 heavy (non-hydrogen) atoms. The van der Waals surface area contributed by atoms with Crippen LogP contribution in [-0.2, 0) is 4.74 Å². The van der Waals surface area contributed by atoms with E-state index in [0.29, 0.717) is 19.6 Å². The number of aliphatic hydroxyl groups excluding tert-OH is 1. The van der Waals surface area contributed by atoms with Crippen LogP contribution in [0.3, 0.4) is 0 Å². The lowest BCUT2D eigenvalue weighted by atomic mass is 9.99. The molecule has 12 heteroatoms. The van der Waals surface area contributed by atoms with Crippen molar-refractivity contribution < 1.29 is 36.9 Å². The van der Waals surface area contributed by atoms with Gasteiger partial charge in [0.2, 0.25) is 0 Å². The minimum Gasteiger partial charge on any atom is -0.406 e. The first-order chi connectivity index (χ1) is 17.1. The Morgan fingerprint density at radius 2 is 1.97 bits per heavy atom. The molecule has 1 aromatic heterocycles. The lowest BCUT2D eigenvalue weighted by Crippen LogP contribution is -2.45. The molecule has 1 saturated heterocycles. The normalized spacial score (nSPS) is 16.5. The average Bonchev–Trinajstić information content (AvgIpc) is 3.37. The summed E-state index contributed by atoms with van der Waals surface area (Å²) in [5.74, 6) is -2.05. The quantitative estimate of drug-likeness (QED) is 0.477. The zero-order valence-electron chi connectivity index (χ0n) is 18.7. The molecule has 0 spiro atoms. The van der Waals surface area contributed by atoms with Crippen molar-refractivity contribution in [1.82, 2.24) is 15.1 Å². The fourth-order valence-corrected chi connectivity index (χ4v) is 3.84. The summed E-state index contributed by atoms with van der Waals surface area (Å²) in [6.45, 7) is 0.445. The maximum absolute atomic E-state index is 13.9. The Morgan fingerprint density at radius 1 is 1.22 bits per heavy atom. The van der Waals surface area contributed by atoms with Gasteiger partial charge in [0.05, 0.1) is 30.6 Å². The van der Waals surface area contributed by atoms with Crippen LogP contribution in [0, 0.1) is 11.7 Å². The number of alkyl halides is 3. The second-order valence-corrected chi connectivity index (χ2v) is 8.10. The summed E-state index contributed by atoms with van der Waals surface area (Å²) in [6.07, 6.45) is -4.25. The number of nitrogens with one attached hydrogen (secondary N) is 1. The van der Waals surface area contributed by atoms with Crippen molar-refractivity contribution in [3.63, 3.8) is 0 Å². The highest BCUT2D eigenvalue weighted by Crippen LogP contribution is 2.26. The van der Waals surface area contributed by atoms with E-state index in [1.165, 1.54) is 36.4 Å². The number of nitrogens with zero attached hydrogens (tertiary/aromatic N) is 2. The van der Waals surface area contributed by atoms with Crippen LogP contribution in [-0.4, -0.2) is 53.0 Å². The number of halogens is 4. The molecule has 2 heterocycles. The monoisotopic (exact) mass is 507 g/mol. The van der Waals surface area contributed by atoms with Gasteiger partial charge in [-0.2, -0.15) is 9.78 Å². The molecular formula is C24H21F4N3O5. The molecule has 2 atom stereocenters. The van der Waals surface area contributed by atoms with Crippen LogP contribution >= 0.6 is 0 Å². The van der Waals surface area contributed by atoms with Crippen LogP contribution in [0.5, 0.6) is 5.75 Å².